The Bertz CT molecular complexity index is 820. The van der Waals surface area contributed by atoms with Gasteiger partial charge in [-0.25, -0.2) is 13.4 Å². The molecule has 0 unspecified atom stereocenters. The van der Waals surface area contributed by atoms with Gasteiger partial charge in [0.1, 0.15) is 5.69 Å². The Labute approximate surface area is 131 Å². The Balaban J connectivity index is 2.37. The molecule has 0 fully saturated rings. The van der Waals surface area contributed by atoms with Crippen molar-refractivity contribution in [2.45, 2.75) is 16.9 Å². The highest BCUT2D eigenvalue weighted by Gasteiger charge is 2.47. The van der Waals surface area contributed by atoms with Gasteiger partial charge in [0.25, 0.3) is 15.5 Å². The second-order valence-electron chi connectivity index (χ2n) is 4.22. The third-order valence-corrected chi connectivity index (χ3v) is 4.84. The molecule has 0 amide bonds. The molecule has 1 N–H and O–H groups in total. The van der Waals surface area contributed by atoms with Crippen molar-refractivity contribution in [1.82, 2.24) is 4.98 Å². The highest BCUT2D eigenvalue weighted by Crippen LogP contribution is 2.34. The van der Waals surface area contributed by atoms with Crippen LogP contribution in [0.15, 0.2) is 34.0 Å². The molecule has 124 valence electrons. The summed E-state index contributed by atoms with van der Waals surface area (Å²) in [7, 11) is -5.65. The van der Waals surface area contributed by atoms with Crippen molar-refractivity contribution < 1.29 is 26.5 Å². The second kappa shape index (κ2) is 6.12. The zero-order valence-corrected chi connectivity index (χ0v) is 12.7. The normalized spacial score (nSPS) is 12.1. The van der Waals surface area contributed by atoms with E-state index < -0.39 is 30.9 Å². The van der Waals surface area contributed by atoms with Gasteiger partial charge in [-0.05, 0) is 12.1 Å². The second-order valence-corrected chi connectivity index (χ2v) is 6.88. The van der Waals surface area contributed by atoms with Crippen molar-refractivity contribution in [3.05, 3.63) is 44.9 Å². The zero-order chi connectivity index (χ0) is 17.3. The number of sulfone groups is 1. The molecule has 0 aliphatic heterocycles. The molecule has 12 heteroatoms. The highest BCUT2D eigenvalue weighted by atomic mass is 32.2. The Morgan fingerprint density at radius 2 is 2.04 bits per heavy atom. The number of halogens is 3. The molecule has 1 aromatic heterocycles. The number of aromatic nitrogens is 1. The summed E-state index contributed by atoms with van der Waals surface area (Å²) >= 11 is 1.30. The van der Waals surface area contributed by atoms with Crippen LogP contribution in [0.5, 0.6) is 0 Å². The summed E-state index contributed by atoms with van der Waals surface area (Å²) in [5.41, 5.74) is -4.29. The van der Waals surface area contributed by atoms with Crippen LogP contribution in [0.25, 0.3) is 0 Å². The van der Waals surface area contributed by atoms with Crippen LogP contribution in [0.3, 0.4) is 0 Å². The number of alkyl halides is 3. The molecule has 1 aromatic carbocycles. The molecule has 0 radical (unpaired) electrons. The van der Waals surface area contributed by atoms with Crippen LogP contribution >= 0.6 is 11.3 Å². The number of nitro benzene ring substituents is 1. The Hall–Kier alpha value is -2.21. The maximum Gasteiger partial charge on any atom is 0.501 e. The number of nitrogens with one attached hydrogen (secondary N) is 1. The first-order valence-electron chi connectivity index (χ1n) is 5.83. The van der Waals surface area contributed by atoms with Gasteiger partial charge in [0.05, 0.1) is 27.6 Å². The van der Waals surface area contributed by atoms with E-state index in [1.54, 1.807) is 10.9 Å². The lowest BCUT2D eigenvalue weighted by Crippen LogP contribution is -2.23. The summed E-state index contributed by atoms with van der Waals surface area (Å²) < 4.78 is 60.1. The average Bonchev–Trinajstić information content (AvgIpc) is 2.96. The molecule has 7 nitrogen and oxygen atoms in total. The van der Waals surface area contributed by atoms with Gasteiger partial charge in [-0.15, -0.1) is 11.3 Å². The number of hydrogen-bond donors (Lipinski definition) is 1. The molecule has 0 aliphatic carbocycles. The van der Waals surface area contributed by atoms with Gasteiger partial charge in [-0.3, -0.25) is 10.1 Å². The maximum atomic E-state index is 12.5. The summed E-state index contributed by atoms with van der Waals surface area (Å²) in [4.78, 5) is 12.8. The van der Waals surface area contributed by atoms with Crippen molar-refractivity contribution >= 4 is 32.5 Å². The van der Waals surface area contributed by atoms with E-state index in [1.807, 2.05) is 0 Å². The fraction of sp³-hybridized carbons (Fsp3) is 0.182. The largest absolute Gasteiger partial charge is 0.501 e. The maximum absolute atomic E-state index is 12.5. The molecule has 0 aliphatic rings. The van der Waals surface area contributed by atoms with E-state index in [1.165, 1.54) is 11.3 Å². The van der Waals surface area contributed by atoms with Crippen LogP contribution in [-0.4, -0.2) is 23.8 Å². The minimum Gasteiger partial charge on any atom is -0.374 e. The Kier molecular flexibility index (Phi) is 4.56. The SMILES string of the molecule is O=[N+]([O-])c1cc(S(=O)(=O)C(F)(F)F)ccc1NCc1cscn1. The first-order valence-corrected chi connectivity index (χ1v) is 8.26. The standard InChI is InChI=1S/C11H8F3N3O4S2/c12-11(13,14)23(20,21)8-1-2-9(10(3-8)17(18)19)15-4-7-5-22-6-16-7/h1-3,5-6,15H,4H2. The third-order valence-electron chi connectivity index (χ3n) is 2.72. The molecule has 23 heavy (non-hydrogen) atoms. The van der Waals surface area contributed by atoms with Crippen molar-refractivity contribution in [3.63, 3.8) is 0 Å². The van der Waals surface area contributed by atoms with Gasteiger partial charge >= 0.3 is 5.51 Å². The van der Waals surface area contributed by atoms with Gasteiger partial charge < -0.3 is 5.32 Å². The van der Waals surface area contributed by atoms with E-state index in [0.717, 1.165) is 6.07 Å². The number of benzene rings is 1. The van der Waals surface area contributed by atoms with Crippen LogP contribution in [0.4, 0.5) is 24.5 Å². The number of hydrogen-bond acceptors (Lipinski definition) is 7. The summed E-state index contributed by atoms with van der Waals surface area (Å²) in [6.07, 6.45) is 0. The lowest BCUT2D eigenvalue weighted by atomic mass is 10.2. The highest BCUT2D eigenvalue weighted by molar-refractivity contribution is 7.92. The molecule has 1 heterocycles. The van der Waals surface area contributed by atoms with Crippen LogP contribution in [0.1, 0.15) is 5.69 Å². The van der Waals surface area contributed by atoms with Crippen LogP contribution in [-0.2, 0) is 16.4 Å². The Morgan fingerprint density at radius 1 is 1.35 bits per heavy atom. The molecule has 2 rings (SSSR count). The van der Waals surface area contributed by atoms with E-state index in [4.69, 9.17) is 0 Å². The van der Waals surface area contributed by atoms with Crippen molar-refractivity contribution in [2.75, 3.05) is 5.32 Å². The first-order chi connectivity index (χ1) is 10.6. The fourth-order valence-electron chi connectivity index (χ4n) is 1.62. The molecule has 0 atom stereocenters. The Morgan fingerprint density at radius 3 is 2.57 bits per heavy atom. The first kappa shape index (κ1) is 17.1. The number of rotatable bonds is 5. The summed E-state index contributed by atoms with van der Waals surface area (Å²) in [5, 5.41) is 15.3. The quantitative estimate of drug-likeness (QED) is 0.644. The van der Waals surface area contributed by atoms with Gasteiger partial charge in [0.2, 0.25) is 0 Å². The van der Waals surface area contributed by atoms with Crippen molar-refractivity contribution in [3.8, 4) is 0 Å². The molecular weight excluding hydrogens is 359 g/mol. The lowest BCUT2D eigenvalue weighted by molar-refractivity contribution is -0.384. The smallest absolute Gasteiger partial charge is 0.374 e. The summed E-state index contributed by atoms with van der Waals surface area (Å²) in [5.74, 6) is 0. The van der Waals surface area contributed by atoms with Gasteiger partial charge in [0, 0.05) is 11.4 Å². The number of nitro groups is 1. The number of anilines is 1. The van der Waals surface area contributed by atoms with Crippen LogP contribution in [0, 0.1) is 10.1 Å². The molecule has 0 spiro atoms. The molecular formula is C11H8F3N3O4S2. The monoisotopic (exact) mass is 367 g/mol. The topological polar surface area (TPSA) is 102 Å². The molecule has 0 bridgehead atoms. The minimum absolute atomic E-state index is 0.107. The van der Waals surface area contributed by atoms with E-state index >= 15 is 0 Å². The summed E-state index contributed by atoms with van der Waals surface area (Å²) in [6, 6.07) is 1.97. The van der Waals surface area contributed by atoms with E-state index in [2.05, 4.69) is 10.3 Å². The third kappa shape index (κ3) is 3.59. The van der Waals surface area contributed by atoms with Gasteiger partial charge in [0.15, 0.2) is 0 Å². The van der Waals surface area contributed by atoms with Gasteiger partial charge in [-0.1, -0.05) is 0 Å². The van der Waals surface area contributed by atoms with Crippen LogP contribution in [0.2, 0.25) is 0 Å². The van der Waals surface area contributed by atoms with Gasteiger partial charge in [-0.2, -0.15) is 13.2 Å². The van der Waals surface area contributed by atoms with Crippen molar-refractivity contribution in [1.29, 1.82) is 0 Å². The lowest BCUT2D eigenvalue weighted by Gasteiger charge is -2.10. The average molecular weight is 367 g/mol. The molecule has 0 saturated carbocycles. The van der Waals surface area contributed by atoms with Crippen molar-refractivity contribution in [2.24, 2.45) is 0 Å². The predicted molar refractivity (Wildman–Crippen MR) is 75.8 cm³/mol. The van der Waals surface area contributed by atoms with E-state index in [9.17, 15) is 31.7 Å². The molecule has 2 aromatic rings. The number of nitrogens with zero attached hydrogens (tertiary/aromatic N) is 2. The van der Waals surface area contributed by atoms with E-state index in [-0.39, 0.29) is 12.2 Å². The number of thiazole rings is 1. The molecule has 0 saturated heterocycles. The van der Waals surface area contributed by atoms with E-state index in [0.29, 0.717) is 17.8 Å². The summed E-state index contributed by atoms with van der Waals surface area (Å²) in [6.45, 7) is 0.107. The van der Waals surface area contributed by atoms with Crippen LogP contribution < -0.4 is 5.32 Å². The fourth-order valence-corrected chi connectivity index (χ4v) is 2.96. The minimum atomic E-state index is -5.65. The zero-order valence-electron chi connectivity index (χ0n) is 11.1. The predicted octanol–water partition coefficient (Wildman–Crippen LogP) is 2.96.